The molecule has 7 heteroatoms. The van der Waals surface area contributed by atoms with Crippen LogP contribution < -0.4 is 34.5 Å². The van der Waals surface area contributed by atoms with Gasteiger partial charge in [0.25, 0.3) is 0 Å². The second-order valence-electron chi connectivity index (χ2n) is 6.04. The smallest absolute Gasteiger partial charge is 1.00 e. The van der Waals surface area contributed by atoms with Crippen molar-refractivity contribution < 1.29 is 50.5 Å². The van der Waals surface area contributed by atoms with Gasteiger partial charge in [-0.2, -0.15) is 0 Å². The second-order valence-corrected chi connectivity index (χ2v) is 7.10. The number of para-hydroxylation sites is 1. The average molecular weight is 393 g/mol. The number of carbonyl (C=O) groups excluding carboxylic acids is 2. The number of benzene rings is 2. The maximum Gasteiger partial charge on any atom is 1.00 e. The van der Waals surface area contributed by atoms with Crippen LogP contribution in [0.3, 0.4) is 0 Å². The van der Waals surface area contributed by atoms with Crippen LogP contribution in [0.15, 0.2) is 54.6 Å². The number of thioether (sulfide) groups is 1. The van der Waals surface area contributed by atoms with Gasteiger partial charge in [-0.15, -0.1) is 0 Å². The number of anilines is 1. The molecule has 0 aromatic heterocycles. The molecule has 1 heterocycles. The largest absolute Gasteiger partial charge is 1.00 e. The Morgan fingerprint density at radius 2 is 1.74 bits per heavy atom. The molecular formula is C20H20NNaO4S. The van der Waals surface area contributed by atoms with Crippen LogP contribution in [0, 0.1) is 0 Å². The molecule has 2 aromatic carbocycles. The van der Waals surface area contributed by atoms with E-state index in [1.54, 1.807) is 36.4 Å². The number of nitrogens with zero attached hydrogens (tertiary/aromatic N) is 1. The summed E-state index contributed by atoms with van der Waals surface area (Å²) in [5.41, 5.74) is 2.23. The molecule has 5 nitrogen and oxygen atoms in total. The van der Waals surface area contributed by atoms with Gasteiger partial charge in [-0.25, -0.2) is 4.79 Å². The fourth-order valence-electron chi connectivity index (χ4n) is 3.10. The molecule has 1 N–H and O–H groups in total. The number of carboxylic acids is 1. The number of fused-ring (bicyclic) bond motifs is 1. The van der Waals surface area contributed by atoms with Gasteiger partial charge in [0.05, 0.1) is 0 Å². The van der Waals surface area contributed by atoms with Gasteiger partial charge in [0, 0.05) is 23.4 Å². The molecule has 1 aliphatic heterocycles. The maximum atomic E-state index is 12.7. The molecule has 0 radical (unpaired) electrons. The first kappa shape index (κ1) is 21.7. The molecule has 1 aliphatic rings. The quantitative estimate of drug-likeness (QED) is 0.749. The number of amides is 1. The van der Waals surface area contributed by atoms with Gasteiger partial charge < -0.3 is 6.53 Å². The molecule has 3 rings (SSSR count). The summed E-state index contributed by atoms with van der Waals surface area (Å²) in [7, 11) is 0. The molecule has 0 fully saturated rings. The molecule has 1 amide bonds. The average Bonchev–Trinajstić information content (AvgIpc) is 2.67. The zero-order valence-corrected chi connectivity index (χ0v) is 17.9. The first-order valence-corrected chi connectivity index (χ1v) is 9.41. The summed E-state index contributed by atoms with van der Waals surface area (Å²) in [5, 5.41) is 9.40. The number of aryl methyl sites for hydroxylation is 1. The summed E-state index contributed by atoms with van der Waals surface area (Å²) in [6.45, 7) is 0. The Kier molecular flexibility index (Phi) is 8.10. The summed E-state index contributed by atoms with van der Waals surface area (Å²) in [6, 6.07) is 15.4. The summed E-state index contributed by atoms with van der Waals surface area (Å²) >= 11 is 1.08. The number of hydrogen-bond donors (Lipinski definition) is 1. The number of aliphatic carboxylic acids is 1. The van der Waals surface area contributed by atoms with Gasteiger partial charge >= 0.3 is 35.5 Å². The fraction of sp³-hybridized carbons (Fsp3) is 0.250. The third-order valence-corrected chi connectivity index (χ3v) is 5.27. The Hall–Kier alpha value is -1.60. The Bertz CT molecular complexity index is 834. The van der Waals surface area contributed by atoms with Gasteiger partial charge in [0.15, 0.2) is 0 Å². The van der Waals surface area contributed by atoms with Crippen molar-refractivity contribution in [1.29, 1.82) is 0 Å². The molecule has 0 spiro atoms. The molecule has 0 saturated carbocycles. The van der Waals surface area contributed by atoms with Gasteiger partial charge in [-0.1, -0.05) is 60.3 Å². The zero-order chi connectivity index (χ0) is 18.5. The predicted octanol–water partition coefficient (Wildman–Crippen LogP) is 0.499. The molecule has 0 aliphatic carbocycles. The molecule has 2 aromatic rings. The number of carboxylic acid groups (broad SMARTS) is 1. The van der Waals surface area contributed by atoms with Crippen LogP contribution in [-0.2, 0) is 16.0 Å². The SMILES string of the molecule is O=C(SCCC(=O)N1c2ccccc2CC[C@H]1C(=O)O)c1ccccc1.[H-].[Na+]. The van der Waals surface area contributed by atoms with Crippen molar-refractivity contribution in [2.45, 2.75) is 25.3 Å². The Morgan fingerprint density at radius 1 is 1.07 bits per heavy atom. The van der Waals surface area contributed by atoms with E-state index in [1.165, 1.54) is 4.90 Å². The van der Waals surface area contributed by atoms with Gasteiger partial charge in [0.2, 0.25) is 11.0 Å². The van der Waals surface area contributed by atoms with Crippen molar-refractivity contribution in [3.8, 4) is 0 Å². The van der Waals surface area contributed by atoms with Crippen LogP contribution in [0.4, 0.5) is 5.69 Å². The van der Waals surface area contributed by atoms with E-state index in [-0.39, 0.29) is 48.4 Å². The molecule has 1 atom stereocenters. The molecule has 27 heavy (non-hydrogen) atoms. The van der Waals surface area contributed by atoms with Crippen LogP contribution in [-0.4, -0.2) is 33.9 Å². The molecule has 0 unspecified atom stereocenters. The topological polar surface area (TPSA) is 74.7 Å². The van der Waals surface area contributed by atoms with E-state index in [1.807, 2.05) is 18.2 Å². The number of carbonyl (C=O) groups is 3. The predicted molar refractivity (Wildman–Crippen MR) is 103 cm³/mol. The van der Waals surface area contributed by atoms with Crippen molar-refractivity contribution in [1.82, 2.24) is 0 Å². The van der Waals surface area contributed by atoms with Crippen molar-refractivity contribution in [3.63, 3.8) is 0 Å². The zero-order valence-electron chi connectivity index (χ0n) is 16.1. The van der Waals surface area contributed by atoms with E-state index in [0.717, 1.165) is 17.3 Å². The first-order valence-electron chi connectivity index (χ1n) is 8.43. The van der Waals surface area contributed by atoms with E-state index >= 15 is 0 Å². The standard InChI is InChI=1S/C20H19NO4S.Na.H/c22-18(12-13-26-20(25)15-7-2-1-3-8-15)21-16-9-5-4-6-14(16)10-11-17(21)19(23)24;;/h1-9,17H,10-13H2,(H,23,24);;/q;+1;-1/t17-;;/m0../s1. The van der Waals surface area contributed by atoms with Crippen molar-refractivity contribution in [2.75, 3.05) is 10.7 Å². The number of hydrogen-bond acceptors (Lipinski definition) is 4. The van der Waals surface area contributed by atoms with E-state index in [4.69, 9.17) is 0 Å². The van der Waals surface area contributed by atoms with Gasteiger partial charge in [-0.3, -0.25) is 14.5 Å². The van der Waals surface area contributed by atoms with E-state index in [2.05, 4.69) is 0 Å². The third kappa shape index (κ3) is 5.23. The summed E-state index contributed by atoms with van der Waals surface area (Å²) in [6.07, 6.45) is 1.15. The Balaban J connectivity index is 0.00000196. The van der Waals surface area contributed by atoms with E-state index in [0.29, 0.717) is 29.8 Å². The fourth-order valence-corrected chi connectivity index (χ4v) is 3.86. The summed E-state index contributed by atoms with van der Waals surface area (Å²) < 4.78 is 0. The molecule has 136 valence electrons. The van der Waals surface area contributed by atoms with E-state index < -0.39 is 12.0 Å². The van der Waals surface area contributed by atoms with E-state index in [9.17, 15) is 19.5 Å². The minimum atomic E-state index is -0.999. The molecule has 0 saturated heterocycles. The summed E-state index contributed by atoms with van der Waals surface area (Å²) in [4.78, 5) is 37.8. The normalized spacial score (nSPS) is 15.4. The van der Waals surface area contributed by atoms with Crippen LogP contribution in [0.25, 0.3) is 0 Å². The molecule has 0 bridgehead atoms. The van der Waals surface area contributed by atoms with Crippen LogP contribution in [0.5, 0.6) is 0 Å². The summed E-state index contributed by atoms with van der Waals surface area (Å²) in [5.74, 6) is -0.948. The van der Waals surface area contributed by atoms with Crippen molar-refractivity contribution in [3.05, 3.63) is 65.7 Å². The molecular weight excluding hydrogens is 373 g/mol. The number of rotatable bonds is 5. The van der Waals surface area contributed by atoms with Gasteiger partial charge in [0.1, 0.15) is 6.04 Å². The van der Waals surface area contributed by atoms with Crippen LogP contribution in [0.2, 0.25) is 0 Å². The Morgan fingerprint density at radius 3 is 2.44 bits per heavy atom. The Labute approximate surface area is 185 Å². The monoisotopic (exact) mass is 393 g/mol. The van der Waals surface area contributed by atoms with Crippen LogP contribution in [0.1, 0.15) is 30.2 Å². The van der Waals surface area contributed by atoms with Gasteiger partial charge in [-0.05, 0) is 24.5 Å². The second kappa shape index (κ2) is 10.1. The minimum absolute atomic E-state index is 0. The van der Waals surface area contributed by atoms with Crippen LogP contribution >= 0.6 is 11.8 Å². The minimum Gasteiger partial charge on any atom is -1.00 e. The van der Waals surface area contributed by atoms with Crippen molar-refractivity contribution in [2.24, 2.45) is 0 Å². The third-order valence-electron chi connectivity index (χ3n) is 4.36. The first-order chi connectivity index (χ1) is 12.6. The van der Waals surface area contributed by atoms with Crippen molar-refractivity contribution >= 4 is 34.4 Å². The maximum absolute atomic E-state index is 12.7.